The summed E-state index contributed by atoms with van der Waals surface area (Å²) in [4.78, 5) is 20.0. The average molecular weight is 498 g/mol. The molecule has 1 aliphatic heterocycles. The van der Waals surface area contributed by atoms with Crippen molar-refractivity contribution < 1.29 is 13.4 Å². The van der Waals surface area contributed by atoms with Crippen LogP contribution in [0.25, 0.3) is 11.1 Å². The number of para-hydroxylation sites is 2. The van der Waals surface area contributed by atoms with Gasteiger partial charge >= 0.3 is 0 Å². The number of likely N-dealkylation sites (tertiary alicyclic amines) is 1. The Kier molecular flexibility index (Phi) is 7.09. The van der Waals surface area contributed by atoms with Crippen LogP contribution in [-0.4, -0.2) is 49.6 Å². The van der Waals surface area contributed by atoms with Gasteiger partial charge in [0.05, 0.1) is 10.8 Å². The fraction of sp³-hybridized carbons (Fsp3) is 0.462. The predicted octanol–water partition coefficient (Wildman–Crippen LogP) is 4.53. The van der Waals surface area contributed by atoms with Gasteiger partial charge in [0.1, 0.15) is 10.3 Å². The maximum Gasteiger partial charge on any atom is 0.256 e. The van der Waals surface area contributed by atoms with E-state index in [-0.39, 0.29) is 0 Å². The molecular formula is C26H31N3O3S2. The molecule has 1 saturated heterocycles. The molecule has 8 heteroatoms. The molecule has 2 N–H and O–H groups in total. The highest BCUT2D eigenvalue weighted by Crippen LogP contribution is 2.37. The normalized spacial score (nSPS) is 19.3. The zero-order valence-corrected chi connectivity index (χ0v) is 20.9. The van der Waals surface area contributed by atoms with Crippen LogP contribution in [0, 0.1) is 0 Å². The van der Waals surface area contributed by atoms with E-state index in [0.717, 1.165) is 54.4 Å². The monoisotopic (exact) mass is 497 g/mol. The first kappa shape index (κ1) is 23.6. The Labute approximate surface area is 207 Å². The van der Waals surface area contributed by atoms with E-state index in [9.17, 15) is 9.00 Å². The average Bonchev–Trinajstić information content (AvgIpc) is 3.63. The number of oxazole rings is 1. The van der Waals surface area contributed by atoms with Crippen LogP contribution >= 0.6 is 11.8 Å². The minimum absolute atomic E-state index is 0.429. The minimum Gasteiger partial charge on any atom is -0.431 e. The van der Waals surface area contributed by atoms with Crippen LogP contribution in [0.5, 0.6) is 0 Å². The highest BCUT2D eigenvalue weighted by Gasteiger charge is 2.47. The number of amides is 1. The zero-order chi connectivity index (χ0) is 23.5. The summed E-state index contributed by atoms with van der Waals surface area (Å²) >= 11 is 1.65. The van der Waals surface area contributed by atoms with Gasteiger partial charge in [-0.25, -0.2) is 4.98 Å². The number of unbranched alkanes of at least 4 members (excludes halogenated alkanes) is 1. The van der Waals surface area contributed by atoms with Crippen LogP contribution in [-0.2, 0) is 22.0 Å². The summed E-state index contributed by atoms with van der Waals surface area (Å²) in [5, 5.41) is 0.722. The van der Waals surface area contributed by atoms with Gasteiger partial charge in [0.2, 0.25) is 5.91 Å². The number of benzene rings is 2. The number of primary amides is 1. The molecule has 0 bridgehead atoms. The van der Waals surface area contributed by atoms with Gasteiger partial charge in [-0.05, 0) is 74.8 Å². The molecule has 34 heavy (non-hydrogen) atoms. The largest absolute Gasteiger partial charge is 0.431 e. The lowest BCUT2D eigenvalue weighted by Gasteiger charge is -2.39. The molecule has 0 spiro atoms. The number of carbonyl (C=O) groups is 1. The van der Waals surface area contributed by atoms with Crippen molar-refractivity contribution in [1.82, 2.24) is 9.88 Å². The number of piperidine rings is 1. The first-order valence-corrected chi connectivity index (χ1v) is 14.2. The number of nitrogens with two attached hydrogens (primary N) is 1. The molecule has 180 valence electrons. The number of nitrogens with zero attached hydrogens (tertiary/aromatic N) is 2. The molecule has 1 amide bonds. The third-order valence-corrected chi connectivity index (χ3v) is 9.90. The lowest BCUT2D eigenvalue weighted by molar-refractivity contribution is -0.121. The molecule has 1 aliphatic carbocycles. The van der Waals surface area contributed by atoms with Gasteiger partial charge < -0.3 is 15.1 Å². The number of carbonyl (C=O) groups excluding carboxylic acids is 1. The summed E-state index contributed by atoms with van der Waals surface area (Å²) < 4.78 is 18.2. The number of aromatic nitrogens is 1. The van der Waals surface area contributed by atoms with Crippen LogP contribution in [0.4, 0.5) is 0 Å². The van der Waals surface area contributed by atoms with E-state index in [2.05, 4.69) is 9.88 Å². The summed E-state index contributed by atoms with van der Waals surface area (Å²) in [6, 6.07) is 16.4. The van der Waals surface area contributed by atoms with E-state index < -0.39 is 21.5 Å². The second-order valence-corrected chi connectivity index (χ2v) is 12.1. The molecule has 1 unspecified atom stereocenters. The molecule has 0 radical (unpaired) electrons. The standard InChI is InChI=1S/C26H31N3O3S2/c27-24(30)26(14-16-29(17-15-26)20-10-11-20)34(31)21-12-8-19(9-13-21)5-3-4-18-33-25-28-22-6-1-2-7-23(22)32-25/h1-2,6-9,12-13,20H,3-5,10-11,14-18H2,(H2,27,30). The molecule has 1 saturated carbocycles. The van der Waals surface area contributed by atoms with Crippen LogP contribution in [0.15, 0.2) is 63.1 Å². The van der Waals surface area contributed by atoms with Gasteiger partial charge in [-0.1, -0.05) is 36.0 Å². The summed E-state index contributed by atoms with van der Waals surface area (Å²) in [6.45, 7) is 1.61. The van der Waals surface area contributed by atoms with Crippen LogP contribution < -0.4 is 5.73 Å². The number of hydrogen-bond acceptors (Lipinski definition) is 6. The van der Waals surface area contributed by atoms with Crippen LogP contribution in [0.1, 0.15) is 44.1 Å². The molecule has 6 nitrogen and oxygen atoms in total. The number of aryl methyl sites for hydroxylation is 1. The van der Waals surface area contributed by atoms with E-state index in [4.69, 9.17) is 10.2 Å². The van der Waals surface area contributed by atoms with Crippen LogP contribution in [0.2, 0.25) is 0 Å². The molecule has 1 aromatic heterocycles. The van der Waals surface area contributed by atoms with Crippen molar-refractivity contribution in [3.05, 3.63) is 54.1 Å². The molecular weight excluding hydrogens is 466 g/mol. The Balaban J connectivity index is 1.11. The van der Waals surface area contributed by atoms with Gasteiger partial charge in [0.25, 0.3) is 5.22 Å². The third kappa shape index (κ3) is 5.09. The number of rotatable bonds is 10. The minimum atomic E-state index is -1.43. The van der Waals surface area contributed by atoms with Gasteiger partial charge in [0, 0.05) is 29.8 Å². The SMILES string of the molecule is NC(=O)C1(S(=O)c2ccc(CCCCSc3nc4ccccc4o3)cc2)CCN(C2CC2)CC1. The van der Waals surface area contributed by atoms with Crippen LogP contribution in [0.3, 0.4) is 0 Å². The van der Waals surface area contributed by atoms with Crippen molar-refractivity contribution in [1.29, 1.82) is 0 Å². The Morgan fingerprint density at radius 1 is 1.12 bits per heavy atom. The fourth-order valence-electron chi connectivity index (χ4n) is 4.72. The number of hydrogen-bond donors (Lipinski definition) is 1. The molecule has 2 aliphatic rings. The third-order valence-electron chi connectivity index (χ3n) is 6.97. The second kappa shape index (κ2) is 10.2. The van der Waals surface area contributed by atoms with Gasteiger partial charge in [-0.15, -0.1) is 0 Å². The summed E-state index contributed by atoms with van der Waals surface area (Å²) in [5.74, 6) is 0.523. The van der Waals surface area contributed by atoms with E-state index in [0.29, 0.717) is 23.8 Å². The van der Waals surface area contributed by atoms with E-state index >= 15 is 0 Å². The maximum absolute atomic E-state index is 13.4. The fourth-order valence-corrected chi connectivity index (χ4v) is 7.13. The quantitative estimate of drug-likeness (QED) is 0.327. The lowest BCUT2D eigenvalue weighted by Crippen LogP contribution is -2.55. The van der Waals surface area contributed by atoms with Crippen molar-refractivity contribution in [2.45, 2.75) is 65.9 Å². The molecule has 1 atom stereocenters. The van der Waals surface area contributed by atoms with E-state index in [1.165, 1.54) is 18.4 Å². The highest BCUT2D eigenvalue weighted by atomic mass is 32.2. The van der Waals surface area contributed by atoms with E-state index in [1.54, 1.807) is 11.8 Å². The van der Waals surface area contributed by atoms with Gasteiger partial charge in [-0.2, -0.15) is 0 Å². The van der Waals surface area contributed by atoms with Crippen molar-refractivity contribution in [3.63, 3.8) is 0 Å². The Morgan fingerprint density at radius 3 is 2.53 bits per heavy atom. The molecule has 2 fully saturated rings. The number of fused-ring (bicyclic) bond motifs is 1. The first-order valence-electron chi connectivity index (χ1n) is 12.1. The lowest BCUT2D eigenvalue weighted by atomic mass is 9.95. The number of thioether (sulfide) groups is 1. The second-order valence-electron chi connectivity index (χ2n) is 9.29. The topological polar surface area (TPSA) is 89.4 Å². The summed E-state index contributed by atoms with van der Waals surface area (Å²) in [6.07, 6.45) is 6.69. The Morgan fingerprint density at radius 2 is 1.85 bits per heavy atom. The summed E-state index contributed by atoms with van der Waals surface area (Å²) in [5.41, 5.74) is 8.74. The molecule has 2 aromatic carbocycles. The van der Waals surface area contributed by atoms with Gasteiger partial charge in [-0.3, -0.25) is 9.00 Å². The molecule has 2 heterocycles. The Bertz CT molecular complexity index is 1130. The van der Waals surface area contributed by atoms with E-state index in [1.807, 2.05) is 48.5 Å². The predicted molar refractivity (Wildman–Crippen MR) is 136 cm³/mol. The van der Waals surface area contributed by atoms with Crippen molar-refractivity contribution >= 4 is 39.6 Å². The van der Waals surface area contributed by atoms with Crippen molar-refractivity contribution in [2.75, 3.05) is 18.8 Å². The first-order chi connectivity index (χ1) is 16.5. The smallest absolute Gasteiger partial charge is 0.256 e. The molecule has 5 rings (SSSR count). The van der Waals surface area contributed by atoms with Gasteiger partial charge in [0.15, 0.2) is 5.58 Å². The Hall–Kier alpha value is -2.16. The maximum atomic E-state index is 13.4. The van der Waals surface area contributed by atoms with Crippen molar-refractivity contribution in [2.24, 2.45) is 5.73 Å². The highest BCUT2D eigenvalue weighted by molar-refractivity contribution is 7.99. The zero-order valence-electron chi connectivity index (χ0n) is 19.3. The van der Waals surface area contributed by atoms with Crippen molar-refractivity contribution in [3.8, 4) is 0 Å². The summed E-state index contributed by atoms with van der Waals surface area (Å²) in [7, 11) is -1.43. The molecule has 3 aromatic rings.